The van der Waals surface area contributed by atoms with E-state index in [2.05, 4.69) is 9.47 Å². The fourth-order valence-corrected chi connectivity index (χ4v) is 3.98. The van der Waals surface area contributed by atoms with Gasteiger partial charge >= 0.3 is 58.9 Å². The smallest absolute Gasteiger partial charge is 0.461 e. The second-order valence-electron chi connectivity index (χ2n) is 8.48. The minimum Gasteiger partial charge on any atom is -0.461 e. The Morgan fingerprint density at radius 1 is 0.500 bits per heavy atom. The molecule has 32 heteroatoms. The lowest BCUT2D eigenvalue weighted by Gasteiger charge is -2.30. The molecule has 0 aromatic carbocycles. The van der Waals surface area contributed by atoms with Gasteiger partial charge in [-0.25, -0.2) is 35.2 Å². The number of halogens is 20. The molecule has 0 amide bonds. The van der Waals surface area contributed by atoms with Crippen LogP contribution in [0.2, 0.25) is 0 Å². The Labute approximate surface area is 262 Å². The summed E-state index contributed by atoms with van der Waals surface area (Å²) >= 11 is 0. The highest BCUT2D eigenvalue weighted by Gasteiger charge is 2.77. The van der Waals surface area contributed by atoms with Crippen LogP contribution in [0.1, 0.15) is 0 Å². The molecule has 0 aromatic heterocycles. The van der Waals surface area contributed by atoms with Crippen molar-refractivity contribution in [2.45, 2.75) is 59.6 Å². The fraction of sp³-hybridized carbons (Fsp3) is 0.778. The maximum atomic E-state index is 13.7. The quantitative estimate of drug-likeness (QED) is 0.107. The average Bonchev–Trinajstić information content (AvgIpc) is 2.89. The molecule has 0 heterocycles. The van der Waals surface area contributed by atoms with Gasteiger partial charge in [-0.15, -0.1) is 0 Å². The number of rotatable bonds is 18. The van der Waals surface area contributed by atoms with Gasteiger partial charge in [0.15, 0.2) is 0 Å². The molecule has 50 heavy (non-hydrogen) atoms. The first kappa shape index (κ1) is 47.1. The predicted molar refractivity (Wildman–Crippen MR) is 112 cm³/mol. The zero-order valence-corrected chi connectivity index (χ0v) is 24.2. The van der Waals surface area contributed by atoms with E-state index in [4.69, 9.17) is 0 Å². The summed E-state index contributed by atoms with van der Waals surface area (Å²) in [5.41, 5.74) is 0. The van der Waals surface area contributed by atoms with E-state index >= 15 is 0 Å². The third-order valence-corrected chi connectivity index (χ3v) is 8.29. The zero-order chi connectivity index (χ0) is 40.4. The number of hydrogen-bond donors (Lipinski definition) is 0. The Balaban J connectivity index is 5.21. The van der Waals surface area contributed by atoms with Gasteiger partial charge in [-0.3, -0.25) is 9.47 Å². The van der Waals surface area contributed by atoms with Gasteiger partial charge in [-0.05, 0) is 0 Å². The van der Waals surface area contributed by atoms with Crippen LogP contribution in [0.3, 0.4) is 0 Å². The van der Waals surface area contributed by atoms with E-state index in [0.29, 0.717) is 0 Å². The Morgan fingerprint density at radius 3 is 0.960 bits per heavy atom. The van der Waals surface area contributed by atoms with Gasteiger partial charge < -0.3 is 9.47 Å². The molecule has 0 saturated carbocycles. The summed E-state index contributed by atoms with van der Waals surface area (Å²) < 4.78 is 314. The van der Waals surface area contributed by atoms with Crippen LogP contribution < -0.4 is 0 Å². The molecule has 296 valence electrons. The molecular formula is C18H12F20O10S2. The van der Waals surface area contributed by atoms with Crippen LogP contribution >= 0.6 is 0 Å². The molecule has 0 aliphatic rings. The molecule has 2 unspecified atom stereocenters. The third kappa shape index (κ3) is 10.3. The Morgan fingerprint density at radius 2 is 0.740 bits per heavy atom. The summed E-state index contributed by atoms with van der Waals surface area (Å²) in [6.07, 6.45) is -39.9. The number of carbonyl (C=O) groups is 2. The summed E-state index contributed by atoms with van der Waals surface area (Å²) in [6, 6.07) is 0. The summed E-state index contributed by atoms with van der Waals surface area (Å²) in [7, 11) is -13.2. The monoisotopic (exact) mass is 832 g/mol. The zero-order valence-electron chi connectivity index (χ0n) is 22.6. The van der Waals surface area contributed by atoms with Crippen molar-refractivity contribution in [3.05, 3.63) is 12.2 Å². The maximum Gasteiger partial charge on any atom is 0.462 e. The predicted octanol–water partition coefficient (Wildman–Crippen LogP) is 4.85. The molecule has 0 rings (SSSR count). The Hall–Kier alpha value is -2.90. The highest BCUT2D eigenvalue weighted by atomic mass is 32.2. The van der Waals surface area contributed by atoms with Crippen molar-refractivity contribution in [1.29, 1.82) is 0 Å². The normalized spacial score (nSPS) is 16.3. The first-order chi connectivity index (χ1) is 21.8. The van der Waals surface area contributed by atoms with Crippen LogP contribution in [-0.2, 0) is 48.2 Å². The molecule has 0 aromatic rings. The molecule has 2 atom stereocenters. The number of alkyl halides is 20. The molecule has 0 spiro atoms. The van der Waals surface area contributed by atoms with E-state index in [9.17, 15) is 114 Å². The summed E-state index contributed by atoms with van der Waals surface area (Å²) in [6.45, 7) is -3.74. The van der Waals surface area contributed by atoms with Crippen LogP contribution in [0.25, 0.3) is 0 Å². The summed E-state index contributed by atoms with van der Waals surface area (Å²) in [5, 5.41) is -12.7. The van der Waals surface area contributed by atoms with E-state index < -0.39 is 116 Å². The van der Waals surface area contributed by atoms with E-state index in [-0.39, 0.29) is 12.2 Å². The molecule has 0 N–H and O–H groups in total. The van der Waals surface area contributed by atoms with Gasteiger partial charge in [-0.2, -0.15) is 79.0 Å². The number of hydrogen-bond acceptors (Lipinski definition) is 10. The number of esters is 2. The Bertz CT molecular complexity index is 1350. The second kappa shape index (κ2) is 15.0. The third-order valence-electron chi connectivity index (χ3n) is 4.85. The van der Waals surface area contributed by atoms with E-state index in [1.165, 1.54) is 0 Å². The van der Waals surface area contributed by atoms with Crippen LogP contribution in [0.5, 0.6) is 0 Å². The SMILES string of the molecule is O=C(/C=C\C(=O)OCCS(=O)(=O)C(F)(F)C(F)OC(F)(F)C(F)(F)C(F)(F)F)OCCS(=O)(=O)C(F)(F)C(F)OC(F)(F)C(F)(F)C(F)(F)F. The van der Waals surface area contributed by atoms with Gasteiger partial charge in [0.05, 0.1) is 11.5 Å². The van der Waals surface area contributed by atoms with Crippen molar-refractivity contribution in [3.63, 3.8) is 0 Å². The van der Waals surface area contributed by atoms with Gasteiger partial charge in [-0.1, -0.05) is 0 Å². The molecule has 0 radical (unpaired) electrons. The molecule has 10 nitrogen and oxygen atoms in total. The van der Waals surface area contributed by atoms with E-state index in [1.54, 1.807) is 0 Å². The first-order valence-corrected chi connectivity index (χ1v) is 14.6. The number of carbonyl (C=O) groups excluding carboxylic acids is 2. The van der Waals surface area contributed by atoms with Crippen molar-refractivity contribution in [2.75, 3.05) is 24.7 Å². The first-order valence-electron chi connectivity index (χ1n) is 11.3. The molecule has 0 aliphatic heterocycles. The topological polar surface area (TPSA) is 139 Å². The Kier molecular flexibility index (Phi) is 14.1. The highest BCUT2D eigenvalue weighted by Crippen LogP contribution is 2.50. The lowest BCUT2D eigenvalue weighted by Crippen LogP contribution is -2.56. The highest BCUT2D eigenvalue weighted by molar-refractivity contribution is 7.92. The van der Waals surface area contributed by atoms with Crippen LogP contribution in [0.15, 0.2) is 12.2 Å². The lowest BCUT2D eigenvalue weighted by molar-refractivity contribution is -0.446. The largest absolute Gasteiger partial charge is 0.462 e. The van der Waals surface area contributed by atoms with E-state index in [1.807, 2.05) is 9.47 Å². The van der Waals surface area contributed by atoms with Crippen molar-refractivity contribution in [3.8, 4) is 0 Å². The van der Waals surface area contributed by atoms with Crippen LogP contribution in [-0.4, -0.2) is 113 Å². The van der Waals surface area contributed by atoms with Crippen molar-refractivity contribution >= 4 is 31.6 Å². The van der Waals surface area contributed by atoms with E-state index in [0.717, 1.165) is 0 Å². The maximum absolute atomic E-state index is 13.7. The summed E-state index contributed by atoms with van der Waals surface area (Å²) in [5.74, 6) is -23.3. The van der Waals surface area contributed by atoms with Crippen molar-refractivity contribution < 1.29 is 133 Å². The summed E-state index contributed by atoms with van der Waals surface area (Å²) in [4.78, 5) is 22.7. The molecular weight excluding hydrogens is 820 g/mol. The molecule has 0 saturated heterocycles. The van der Waals surface area contributed by atoms with Crippen LogP contribution in [0.4, 0.5) is 87.8 Å². The van der Waals surface area contributed by atoms with Gasteiger partial charge in [0, 0.05) is 12.2 Å². The number of sulfone groups is 2. The minimum absolute atomic E-state index is 0.189. The van der Waals surface area contributed by atoms with Gasteiger partial charge in [0.1, 0.15) is 13.2 Å². The fourth-order valence-electron chi connectivity index (χ4n) is 2.17. The number of ether oxygens (including phenoxy) is 4. The molecule has 0 fully saturated rings. The van der Waals surface area contributed by atoms with Gasteiger partial charge in [0.2, 0.25) is 19.7 Å². The minimum atomic E-state index is -7.33. The van der Waals surface area contributed by atoms with Gasteiger partial charge in [0.25, 0.3) is 12.7 Å². The van der Waals surface area contributed by atoms with Crippen molar-refractivity contribution in [2.24, 2.45) is 0 Å². The van der Waals surface area contributed by atoms with Crippen LogP contribution in [0, 0.1) is 0 Å². The lowest BCUT2D eigenvalue weighted by atomic mass is 10.3. The standard InChI is InChI=1S/C18H12F20O10S2/c19-9(47-17(35,36)13(25,26)15(29,30)31)11(21,22)49(41,42)5-3-45-7(39)1-2-8(40)46-4-6-50(43,44)12(23,24)10(20)48-18(37,38)14(27,28)16(32,33)34/h1-2,9-10H,3-6H2/b2-1-. The second-order valence-corrected chi connectivity index (χ2v) is 12.8. The average molecular weight is 832 g/mol. The molecule has 0 bridgehead atoms. The molecule has 0 aliphatic carbocycles. The van der Waals surface area contributed by atoms with Crippen molar-refractivity contribution in [1.82, 2.24) is 0 Å².